The van der Waals surface area contributed by atoms with Crippen LogP contribution in [0.25, 0.3) is 6.08 Å². The van der Waals surface area contributed by atoms with Crippen LogP contribution in [0.5, 0.6) is 0 Å². The average Bonchev–Trinajstić information content (AvgIpc) is 2.98. The number of hydrogen-bond acceptors (Lipinski definition) is 4. The molecular weight excluding hydrogens is 291 g/mol. The average molecular weight is 300 g/mol. The number of carbonyl (C=O) groups is 3. The second-order valence-corrected chi connectivity index (χ2v) is 4.42. The van der Waals surface area contributed by atoms with Gasteiger partial charge < -0.3 is 4.42 Å². The lowest BCUT2D eigenvalue weighted by Gasteiger charge is -2.26. The molecule has 0 radical (unpaired) electrons. The number of hydrogen-bond donors (Lipinski definition) is 1. The SMILES string of the molecule is O=C1NC(=O)N(c2ccccc2F)C(=O)/C1=C\c1ccco1. The van der Waals surface area contributed by atoms with Crippen molar-refractivity contribution in [3.8, 4) is 0 Å². The highest BCUT2D eigenvalue weighted by Crippen LogP contribution is 2.24. The molecule has 1 fully saturated rings. The van der Waals surface area contributed by atoms with Crippen molar-refractivity contribution in [1.82, 2.24) is 5.32 Å². The molecular formula is C15H9FN2O4. The normalized spacial score (nSPS) is 17.0. The van der Waals surface area contributed by atoms with E-state index in [1.807, 2.05) is 5.32 Å². The molecule has 1 aliphatic rings. The number of barbiturate groups is 1. The van der Waals surface area contributed by atoms with Gasteiger partial charge in [-0.3, -0.25) is 14.9 Å². The van der Waals surface area contributed by atoms with E-state index in [1.165, 1.54) is 36.6 Å². The molecule has 22 heavy (non-hydrogen) atoms. The van der Waals surface area contributed by atoms with Gasteiger partial charge in [0.05, 0.1) is 12.0 Å². The fourth-order valence-electron chi connectivity index (χ4n) is 2.02. The first kappa shape index (κ1) is 13.7. The van der Waals surface area contributed by atoms with Crippen molar-refractivity contribution in [2.75, 3.05) is 4.90 Å². The Bertz CT molecular complexity index is 796. The summed E-state index contributed by atoms with van der Waals surface area (Å²) in [5, 5.41) is 2.00. The number of benzene rings is 1. The van der Waals surface area contributed by atoms with Gasteiger partial charge in [-0.15, -0.1) is 0 Å². The molecule has 3 rings (SSSR count). The maximum absolute atomic E-state index is 13.8. The van der Waals surface area contributed by atoms with E-state index in [0.717, 1.165) is 6.07 Å². The number of rotatable bonds is 2. The smallest absolute Gasteiger partial charge is 0.336 e. The Kier molecular flexibility index (Phi) is 3.30. The summed E-state index contributed by atoms with van der Waals surface area (Å²) in [6.45, 7) is 0. The minimum Gasteiger partial charge on any atom is -0.465 e. The third-order valence-corrected chi connectivity index (χ3v) is 3.02. The van der Waals surface area contributed by atoms with E-state index in [-0.39, 0.29) is 17.0 Å². The van der Waals surface area contributed by atoms with Gasteiger partial charge in [0.15, 0.2) is 0 Å². The summed E-state index contributed by atoms with van der Waals surface area (Å²) in [6, 6.07) is 7.41. The molecule has 0 atom stereocenters. The molecule has 0 aliphatic carbocycles. The second-order valence-electron chi connectivity index (χ2n) is 4.42. The largest absolute Gasteiger partial charge is 0.465 e. The summed E-state index contributed by atoms with van der Waals surface area (Å²) >= 11 is 0. The zero-order valence-electron chi connectivity index (χ0n) is 11.1. The molecule has 7 heteroatoms. The Labute approximate surface area is 123 Å². The molecule has 6 nitrogen and oxygen atoms in total. The molecule has 1 saturated heterocycles. The van der Waals surface area contributed by atoms with Crippen LogP contribution >= 0.6 is 0 Å². The van der Waals surface area contributed by atoms with Crippen molar-refractivity contribution in [2.45, 2.75) is 0 Å². The van der Waals surface area contributed by atoms with E-state index in [2.05, 4.69) is 0 Å². The first-order valence-electron chi connectivity index (χ1n) is 6.27. The molecule has 2 heterocycles. The van der Waals surface area contributed by atoms with Gasteiger partial charge in [0.25, 0.3) is 11.8 Å². The number of carbonyl (C=O) groups excluding carboxylic acids is 3. The van der Waals surface area contributed by atoms with Gasteiger partial charge in [-0.2, -0.15) is 0 Å². The van der Waals surface area contributed by atoms with Crippen LogP contribution in [0.1, 0.15) is 5.76 Å². The Morgan fingerprint density at radius 2 is 1.86 bits per heavy atom. The van der Waals surface area contributed by atoms with Crippen molar-refractivity contribution >= 4 is 29.6 Å². The number of anilines is 1. The summed E-state index contributed by atoms with van der Waals surface area (Å²) in [5.74, 6) is -2.27. The number of halogens is 1. The third kappa shape index (κ3) is 2.28. The second kappa shape index (κ2) is 5.28. The minimum absolute atomic E-state index is 0.233. The van der Waals surface area contributed by atoms with Gasteiger partial charge in [-0.1, -0.05) is 12.1 Å². The molecule has 0 saturated carbocycles. The van der Waals surface area contributed by atoms with Crippen molar-refractivity contribution in [3.05, 3.63) is 59.8 Å². The fourth-order valence-corrected chi connectivity index (χ4v) is 2.02. The first-order chi connectivity index (χ1) is 10.6. The summed E-state index contributed by atoms with van der Waals surface area (Å²) in [7, 11) is 0. The van der Waals surface area contributed by atoms with E-state index in [9.17, 15) is 18.8 Å². The monoisotopic (exact) mass is 300 g/mol. The Balaban J connectivity index is 2.05. The lowest BCUT2D eigenvalue weighted by molar-refractivity contribution is -0.122. The summed E-state index contributed by atoms with van der Waals surface area (Å²) in [4.78, 5) is 36.7. The van der Waals surface area contributed by atoms with E-state index >= 15 is 0 Å². The Morgan fingerprint density at radius 3 is 2.55 bits per heavy atom. The van der Waals surface area contributed by atoms with Crippen LogP contribution in [0.4, 0.5) is 14.9 Å². The molecule has 0 unspecified atom stereocenters. The fraction of sp³-hybridized carbons (Fsp3) is 0. The van der Waals surface area contributed by atoms with Crippen LogP contribution in [0, 0.1) is 5.82 Å². The predicted octanol–water partition coefficient (Wildman–Crippen LogP) is 2.09. The summed E-state index contributed by atoms with van der Waals surface area (Å²) in [6.07, 6.45) is 2.56. The van der Waals surface area contributed by atoms with Crippen molar-refractivity contribution in [1.29, 1.82) is 0 Å². The van der Waals surface area contributed by atoms with Crippen LogP contribution in [0.15, 0.2) is 52.7 Å². The summed E-state index contributed by atoms with van der Waals surface area (Å²) < 4.78 is 18.9. The quantitative estimate of drug-likeness (QED) is 0.680. The van der Waals surface area contributed by atoms with Crippen LogP contribution in [0.2, 0.25) is 0 Å². The van der Waals surface area contributed by atoms with E-state index < -0.39 is 23.7 Å². The Morgan fingerprint density at radius 1 is 1.09 bits per heavy atom. The topological polar surface area (TPSA) is 79.6 Å². The highest BCUT2D eigenvalue weighted by atomic mass is 19.1. The van der Waals surface area contributed by atoms with Crippen LogP contribution in [-0.2, 0) is 9.59 Å². The zero-order valence-corrected chi connectivity index (χ0v) is 11.1. The highest BCUT2D eigenvalue weighted by Gasteiger charge is 2.38. The molecule has 1 aromatic heterocycles. The van der Waals surface area contributed by atoms with Crippen molar-refractivity contribution in [2.24, 2.45) is 0 Å². The number of nitrogens with zero attached hydrogens (tertiary/aromatic N) is 1. The molecule has 2 aromatic rings. The molecule has 0 spiro atoms. The molecule has 0 bridgehead atoms. The molecule has 110 valence electrons. The van der Waals surface area contributed by atoms with Gasteiger partial charge in [0, 0.05) is 0 Å². The zero-order chi connectivity index (χ0) is 15.7. The number of amides is 4. The van der Waals surface area contributed by atoms with Crippen LogP contribution < -0.4 is 10.2 Å². The molecule has 4 amide bonds. The number of nitrogens with one attached hydrogen (secondary N) is 1. The molecule has 1 aliphatic heterocycles. The number of imide groups is 2. The third-order valence-electron chi connectivity index (χ3n) is 3.02. The van der Waals surface area contributed by atoms with Gasteiger partial charge >= 0.3 is 6.03 Å². The summed E-state index contributed by atoms with van der Waals surface area (Å²) in [5.41, 5.74) is -0.555. The number of para-hydroxylation sites is 1. The number of furan rings is 1. The van der Waals surface area contributed by atoms with Crippen molar-refractivity contribution in [3.63, 3.8) is 0 Å². The van der Waals surface area contributed by atoms with Gasteiger partial charge in [0.2, 0.25) is 0 Å². The number of urea groups is 1. The molecule has 1 N–H and O–H groups in total. The molecule has 1 aromatic carbocycles. The lowest BCUT2D eigenvalue weighted by atomic mass is 10.1. The highest BCUT2D eigenvalue weighted by molar-refractivity contribution is 6.39. The lowest BCUT2D eigenvalue weighted by Crippen LogP contribution is -2.54. The minimum atomic E-state index is -1.00. The first-order valence-corrected chi connectivity index (χ1v) is 6.27. The van der Waals surface area contributed by atoms with Gasteiger partial charge in [0.1, 0.15) is 17.2 Å². The van der Waals surface area contributed by atoms with Gasteiger partial charge in [-0.25, -0.2) is 14.1 Å². The maximum Gasteiger partial charge on any atom is 0.336 e. The van der Waals surface area contributed by atoms with Crippen LogP contribution in [-0.4, -0.2) is 17.8 Å². The predicted molar refractivity (Wildman–Crippen MR) is 74.1 cm³/mol. The maximum atomic E-state index is 13.8. The van der Waals surface area contributed by atoms with E-state index in [0.29, 0.717) is 4.90 Å². The van der Waals surface area contributed by atoms with Crippen molar-refractivity contribution < 1.29 is 23.2 Å². The van der Waals surface area contributed by atoms with Gasteiger partial charge in [-0.05, 0) is 30.3 Å². The van der Waals surface area contributed by atoms with E-state index in [4.69, 9.17) is 4.42 Å². The standard InChI is InChI=1S/C15H9FN2O4/c16-11-5-1-2-6-12(11)18-14(20)10(13(19)17-15(18)21)8-9-4-3-7-22-9/h1-8H,(H,17,19,21)/b10-8-. The Hall–Kier alpha value is -3.22. The van der Waals surface area contributed by atoms with E-state index in [1.54, 1.807) is 6.07 Å². The van der Waals surface area contributed by atoms with Crippen LogP contribution in [0.3, 0.4) is 0 Å².